The summed E-state index contributed by atoms with van der Waals surface area (Å²) in [4.78, 5) is 18.3. The summed E-state index contributed by atoms with van der Waals surface area (Å²) in [5, 5.41) is 3.43. The summed E-state index contributed by atoms with van der Waals surface area (Å²) < 4.78 is 4.95. The van der Waals surface area contributed by atoms with Gasteiger partial charge in [-0.2, -0.15) is 0 Å². The minimum absolute atomic E-state index is 0. The Morgan fingerprint density at radius 3 is 2.65 bits per heavy atom. The molecule has 1 aromatic heterocycles. The third-order valence-corrected chi connectivity index (χ3v) is 3.97. The highest BCUT2D eigenvalue weighted by atomic mass is 35.5. The van der Waals surface area contributed by atoms with Crippen LogP contribution in [0.1, 0.15) is 17.3 Å². The number of anilines is 1. The van der Waals surface area contributed by atoms with E-state index in [1.54, 1.807) is 19.2 Å². The Morgan fingerprint density at radius 2 is 2.10 bits per heavy atom. The Labute approximate surface area is 125 Å². The van der Waals surface area contributed by atoms with Crippen LogP contribution in [0, 0.1) is 11.8 Å². The maximum atomic E-state index is 11.6. The fourth-order valence-electron chi connectivity index (χ4n) is 2.95. The molecule has 6 heteroatoms. The third kappa shape index (κ3) is 2.88. The number of carbonyl (C=O) groups is 1. The SMILES string of the molecule is CCOC(=O)c1ccc(N2CC3CNCC3C2)nc1.Cl. The monoisotopic (exact) mass is 297 g/mol. The minimum Gasteiger partial charge on any atom is -0.462 e. The number of hydrogen-bond donors (Lipinski definition) is 1. The van der Waals surface area contributed by atoms with Crippen molar-refractivity contribution < 1.29 is 9.53 Å². The van der Waals surface area contributed by atoms with E-state index in [9.17, 15) is 4.79 Å². The highest BCUT2D eigenvalue weighted by Crippen LogP contribution is 2.29. The van der Waals surface area contributed by atoms with Gasteiger partial charge in [0.15, 0.2) is 0 Å². The maximum absolute atomic E-state index is 11.6. The van der Waals surface area contributed by atoms with Gasteiger partial charge in [0.2, 0.25) is 0 Å². The molecule has 2 fully saturated rings. The van der Waals surface area contributed by atoms with Gasteiger partial charge in [-0.3, -0.25) is 0 Å². The molecule has 0 bridgehead atoms. The zero-order valence-electron chi connectivity index (χ0n) is 11.5. The molecule has 1 N–H and O–H groups in total. The van der Waals surface area contributed by atoms with Crippen LogP contribution in [0.25, 0.3) is 0 Å². The van der Waals surface area contributed by atoms with Crippen molar-refractivity contribution in [3.8, 4) is 0 Å². The molecule has 2 unspecified atom stereocenters. The summed E-state index contributed by atoms with van der Waals surface area (Å²) in [6.45, 7) is 6.54. The molecule has 2 aliphatic rings. The lowest BCUT2D eigenvalue weighted by Gasteiger charge is -2.18. The summed E-state index contributed by atoms with van der Waals surface area (Å²) in [7, 11) is 0. The summed E-state index contributed by atoms with van der Waals surface area (Å²) in [5.74, 6) is 2.14. The average molecular weight is 298 g/mol. The van der Waals surface area contributed by atoms with Crippen LogP contribution in [0.15, 0.2) is 18.3 Å². The van der Waals surface area contributed by atoms with Gasteiger partial charge >= 0.3 is 5.97 Å². The van der Waals surface area contributed by atoms with Crippen LogP contribution in [-0.2, 0) is 4.74 Å². The number of esters is 1. The van der Waals surface area contributed by atoms with Crippen molar-refractivity contribution in [3.05, 3.63) is 23.9 Å². The number of hydrogen-bond acceptors (Lipinski definition) is 5. The first-order valence-corrected chi connectivity index (χ1v) is 6.86. The molecule has 0 saturated carbocycles. The minimum atomic E-state index is -0.302. The van der Waals surface area contributed by atoms with Crippen molar-refractivity contribution in [2.45, 2.75) is 6.92 Å². The Kier molecular flexibility index (Phi) is 4.83. The molecule has 3 rings (SSSR count). The summed E-state index contributed by atoms with van der Waals surface area (Å²) >= 11 is 0. The van der Waals surface area contributed by atoms with Gasteiger partial charge in [-0.15, -0.1) is 12.4 Å². The number of pyridine rings is 1. The van der Waals surface area contributed by atoms with Gasteiger partial charge in [-0.05, 0) is 30.9 Å². The van der Waals surface area contributed by atoms with Crippen LogP contribution >= 0.6 is 12.4 Å². The summed E-state index contributed by atoms with van der Waals surface area (Å²) in [6, 6.07) is 3.72. The lowest BCUT2D eigenvalue weighted by molar-refractivity contribution is 0.0526. The van der Waals surface area contributed by atoms with E-state index in [4.69, 9.17) is 4.74 Å². The molecule has 2 aliphatic heterocycles. The number of rotatable bonds is 3. The topological polar surface area (TPSA) is 54.5 Å². The quantitative estimate of drug-likeness (QED) is 0.853. The largest absolute Gasteiger partial charge is 0.462 e. The van der Waals surface area contributed by atoms with Gasteiger partial charge < -0.3 is 15.0 Å². The van der Waals surface area contributed by atoms with Crippen molar-refractivity contribution in [1.29, 1.82) is 0 Å². The van der Waals surface area contributed by atoms with Crippen LogP contribution in [0.2, 0.25) is 0 Å². The van der Waals surface area contributed by atoms with Crippen molar-refractivity contribution in [2.24, 2.45) is 11.8 Å². The van der Waals surface area contributed by atoms with E-state index in [0.29, 0.717) is 12.2 Å². The van der Waals surface area contributed by atoms with Gasteiger partial charge in [0.1, 0.15) is 5.82 Å². The molecular formula is C14H20ClN3O2. The summed E-state index contributed by atoms with van der Waals surface area (Å²) in [5.41, 5.74) is 0.520. The lowest BCUT2D eigenvalue weighted by Crippen LogP contribution is -2.26. The molecule has 0 radical (unpaired) electrons. The predicted octanol–water partition coefficient (Wildman–Crippen LogP) is 1.34. The molecule has 110 valence electrons. The van der Waals surface area contributed by atoms with Crippen molar-refractivity contribution in [2.75, 3.05) is 37.7 Å². The second-order valence-corrected chi connectivity index (χ2v) is 5.21. The number of nitrogens with zero attached hydrogens (tertiary/aromatic N) is 2. The zero-order valence-corrected chi connectivity index (χ0v) is 12.4. The smallest absolute Gasteiger partial charge is 0.339 e. The Bertz CT molecular complexity index is 454. The fourth-order valence-corrected chi connectivity index (χ4v) is 2.95. The maximum Gasteiger partial charge on any atom is 0.339 e. The average Bonchev–Trinajstić information content (AvgIpc) is 3.00. The summed E-state index contributed by atoms with van der Waals surface area (Å²) in [6.07, 6.45) is 1.61. The first-order chi connectivity index (χ1) is 9.28. The molecule has 2 saturated heterocycles. The van der Waals surface area contributed by atoms with Crippen molar-refractivity contribution in [1.82, 2.24) is 10.3 Å². The first-order valence-electron chi connectivity index (χ1n) is 6.86. The molecule has 0 aliphatic carbocycles. The predicted molar refractivity (Wildman–Crippen MR) is 79.5 cm³/mol. The van der Waals surface area contributed by atoms with Crippen LogP contribution in [0.3, 0.4) is 0 Å². The molecule has 0 amide bonds. The van der Waals surface area contributed by atoms with E-state index in [2.05, 4.69) is 15.2 Å². The highest BCUT2D eigenvalue weighted by Gasteiger charge is 2.36. The first kappa shape index (κ1) is 15.1. The molecule has 0 aromatic carbocycles. The van der Waals surface area contributed by atoms with Gasteiger partial charge in [0.05, 0.1) is 12.2 Å². The van der Waals surface area contributed by atoms with E-state index < -0.39 is 0 Å². The van der Waals surface area contributed by atoms with Gasteiger partial charge in [-0.25, -0.2) is 9.78 Å². The lowest BCUT2D eigenvalue weighted by atomic mass is 10.0. The van der Waals surface area contributed by atoms with Crippen molar-refractivity contribution in [3.63, 3.8) is 0 Å². The molecular weight excluding hydrogens is 278 g/mol. The molecule has 1 aromatic rings. The van der Waals surface area contributed by atoms with Crippen LogP contribution < -0.4 is 10.2 Å². The number of nitrogens with one attached hydrogen (secondary N) is 1. The second-order valence-electron chi connectivity index (χ2n) is 5.21. The Balaban J connectivity index is 0.00000147. The van der Waals surface area contributed by atoms with Gasteiger partial charge in [0.25, 0.3) is 0 Å². The second kappa shape index (κ2) is 6.41. The van der Waals surface area contributed by atoms with Gasteiger partial charge in [0, 0.05) is 32.4 Å². The Hall–Kier alpha value is -1.33. The highest BCUT2D eigenvalue weighted by molar-refractivity contribution is 5.89. The van der Waals surface area contributed by atoms with E-state index in [1.165, 1.54) is 0 Å². The van der Waals surface area contributed by atoms with E-state index >= 15 is 0 Å². The zero-order chi connectivity index (χ0) is 13.2. The number of ether oxygens (including phenoxy) is 1. The molecule has 20 heavy (non-hydrogen) atoms. The fraction of sp³-hybridized carbons (Fsp3) is 0.571. The van der Waals surface area contributed by atoms with Crippen molar-refractivity contribution >= 4 is 24.2 Å². The van der Waals surface area contributed by atoms with E-state index in [-0.39, 0.29) is 18.4 Å². The normalized spacial score (nSPS) is 24.1. The van der Waals surface area contributed by atoms with Crippen LogP contribution in [-0.4, -0.2) is 43.7 Å². The number of aromatic nitrogens is 1. The number of fused-ring (bicyclic) bond motifs is 1. The number of halogens is 1. The van der Waals surface area contributed by atoms with Crippen LogP contribution in [0.5, 0.6) is 0 Å². The standard InChI is InChI=1S/C14H19N3O2.ClH/c1-2-19-14(18)10-3-4-13(16-7-10)17-8-11-5-15-6-12(11)9-17;/h3-4,7,11-12,15H,2,5-6,8-9H2,1H3;1H. The molecule has 0 spiro atoms. The molecule has 3 heterocycles. The Morgan fingerprint density at radius 1 is 1.40 bits per heavy atom. The van der Waals surface area contributed by atoms with E-state index in [0.717, 1.165) is 43.8 Å². The third-order valence-electron chi connectivity index (χ3n) is 3.97. The van der Waals surface area contributed by atoms with Crippen LogP contribution in [0.4, 0.5) is 5.82 Å². The van der Waals surface area contributed by atoms with E-state index in [1.807, 2.05) is 6.07 Å². The number of carbonyl (C=O) groups excluding carboxylic acids is 1. The molecule has 2 atom stereocenters. The molecule has 5 nitrogen and oxygen atoms in total. The van der Waals surface area contributed by atoms with Gasteiger partial charge in [-0.1, -0.05) is 0 Å².